The maximum absolute atomic E-state index is 13.2. The van der Waals surface area contributed by atoms with Crippen molar-refractivity contribution >= 4 is 89.4 Å². The van der Waals surface area contributed by atoms with Gasteiger partial charge in [-0.05, 0) is 48.2 Å². The number of carbonyl (C=O) groups excluding carboxylic acids is 2. The van der Waals surface area contributed by atoms with Crippen molar-refractivity contribution in [2.75, 3.05) is 13.1 Å². The van der Waals surface area contributed by atoms with Gasteiger partial charge in [0, 0.05) is 33.7 Å². The van der Waals surface area contributed by atoms with Crippen molar-refractivity contribution in [3.8, 4) is 31.6 Å². The molecule has 3 aromatic heterocycles. The van der Waals surface area contributed by atoms with Gasteiger partial charge in [-0.25, -0.2) is 30.2 Å². The molecule has 49 heavy (non-hydrogen) atoms. The van der Waals surface area contributed by atoms with Gasteiger partial charge < -0.3 is 9.80 Å². The van der Waals surface area contributed by atoms with Crippen LogP contribution in [0.1, 0.15) is 63.8 Å². The average Bonchev–Trinajstić information content (AvgIpc) is 3.91. The minimum atomic E-state index is -0.315. The number of amides is 2. The van der Waals surface area contributed by atoms with E-state index in [9.17, 15) is 20.1 Å². The Morgan fingerprint density at radius 2 is 1.12 bits per heavy atom. The largest absolute Gasteiger partial charge is 0.309 e. The van der Waals surface area contributed by atoms with Crippen LogP contribution in [-0.2, 0) is 20.4 Å². The van der Waals surface area contributed by atoms with E-state index >= 15 is 0 Å². The number of aliphatic imine (C=N–C) groups is 2. The third-order valence-electron chi connectivity index (χ3n) is 8.99. The third kappa shape index (κ3) is 4.61. The smallest absolute Gasteiger partial charge is 0.291 e. The lowest BCUT2D eigenvalue weighted by Gasteiger charge is -2.28. The van der Waals surface area contributed by atoms with Gasteiger partial charge in [-0.2, -0.15) is 0 Å². The van der Waals surface area contributed by atoms with Gasteiger partial charge in [0.05, 0.1) is 35.0 Å². The van der Waals surface area contributed by atoms with Crippen molar-refractivity contribution in [3.63, 3.8) is 0 Å². The van der Waals surface area contributed by atoms with E-state index in [-0.39, 0.29) is 44.1 Å². The fourth-order valence-electron chi connectivity index (χ4n) is 6.65. The molecule has 10 nitrogen and oxygen atoms in total. The number of carbonyl (C=O) groups is 2. The van der Waals surface area contributed by atoms with Crippen LogP contribution in [0.15, 0.2) is 43.6 Å². The molecular weight excluding hydrogens is 713 g/mol. The summed E-state index contributed by atoms with van der Waals surface area (Å²) in [5.41, 5.74) is 4.06. The lowest BCUT2D eigenvalue weighted by molar-refractivity contribution is -0.121. The number of hydrogen-bond donors (Lipinski definition) is 0. The number of fused-ring (bicyclic) bond motifs is 7. The number of nitriles is 2. The minimum Gasteiger partial charge on any atom is -0.309 e. The highest BCUT2D eigenvalue weighted by atomic mass is 32.2. The van der Waals surface area contributed by atoms with Crippen LogP contribution >= 0.6 is 57.5 Å². The predicted molar refractivity (Wildman–Crippen MR) is 198 cm³/mol. The lowest BCUT2D eigenvalue weighted by atomic mass is 9.74. The summed E-state index contributed by atoms with van der Waals surface area (Å²) in [4.78, 5) is 50.0. The molecule has 2 fully saturated rings. The fourth-order valence-corrected chi connectivity index (χ4v) is 13.1. The second-order valence-corrected chi connectivity index (χ2v) is 17.3. The topological polar surface area (TPSA) is 122 Å². The summed E-state index contributed by atoms with van der Waals surface area (Å²) in [6, 6.07) is 7.92. The van der Waals surface area contributed by atoms with E-state index in [1.807, 2.05) is 12.1 Å². The van der Waals surface area contributed by atoms with Crippen LogP contribution in [0, 0.1) is 35.8 Å². The Balaban J connectivity index is 1.27. The molecule has 0 aromatic carbocycles. The van der Waals surface area contributed by atoms with E-state index in [0.717, 1.165) is 44.4 Å². The molecule has 5 heterocycles. The molecule has 2 aliphatic heterocycles. The zero-order chi connectivity index (χ0) is 35.2. The van der Waals surface area contributed by atoms with Gasteiger partial charge in [-0.1, -0.05) is 51.2 Å². The highest BCUT2D eigenvalue weighted by Crippen LogP contribution is 2.67. The maximum Gasteiger partial charge on any atom is 0.291 e. The Morgan fingerprint density at radius 1 is 0.735 bits per heavy atom. The number of rotatable bonds is 4. The first-order valence-electron chi connectivity index (χ1n) is 15.0. The molecular formula is C34H24N8O2S5. The first-order valence-corrected chi connectivity index (χ1v) is 19.1. The van der Waals surface area contributed by atoms with Gasteiger partial charge in [0.15, 0.2) is 10.1 Å². The van der Waals surface area contributed by atoms with E-state index in [4.69, 9.17) is 23.1 Å². The van der Waals surface area contributed by atoms with Crippen LogP contribution in [-0.4, -0.2) is 44.8 Å². The van der Waals surface area contributed by atoms with Gasteiger partial charge in [-0.15, -0.1) is 34.0 Å². The van der Waals surface area contributed by atoms with Gasteiger partial charge in [0.2, 0.25) is 0 Å². The second kappa shape index (κ2) is 11.6. The van der Waals surface area contributed by atoms with E-state index in [1.165, 1.54) is 30.7 Å². The van der Waals surface area contributed by atoms with Gasteiger partial charge >= 0.3 is 0 Å². The molecule has 2 saturated heterocycles. The zero-order valence-electron chi connectivity index (χ0n) is 27.0. The first kappa shape index (κ1) is 33.0. The predicted octanol–water partition coefficient (Wildman–Crippen LogP) is 8.96. The third-order valence-corrected chi connectivity index (χ3v) is 14.7. The Kier molecular flexibility index (Phi) is 7.79. The molecule has 15 heteroatoms. The van der Waals surface area contributed by atoms with Crippen LogP contribution in [0.25, 0.3) is 29.2 Å². The van der Waals surface area contributed by atoms with Crippen molar-refractivity contribution in [2.24, 2.45) is 9.98 Å². The van der Waals surface area contributed by atoms with Crippen LogP contribution in [0.5, 0.6) is 0 Å². The van der Waals surface area contributed by atoms with E-state index in [2.05, 4.69) is 49.5 Å². The molecule has 0 saturated carbocycles. The molecule has 3 aromatic rings. The zero-order valence-corrected chi connectivity index (χ0v) is 31.1. The molecule has 0 atom stereocenters. The average molecular weight is 737 g/mol. The quantitative estimate of drug-likeness (QED) is 0.195. The number of nitrogens with zero attached hydrogens (tertiary/aromatic N) is 8. The molecule has 0 N–H and O–H groups in total. The van der Waals surface area contributed by atoms with E-state index in [1.54, 1.807) is 47.9 Å². The molecule has 2 aliphatic carbocycles. The summed E-state index contributed by atoms with van der Waals surface area (Å²) < 4.78 is 0. The Morgan fingerprint density at radius 3 is 1.45 bits per heavy atom. The van der Waals surface area contributed by atoms with Gasteiger partial charge in [0.1, 0.15) is 20.1 Å². The molecule has 242 valence electrons. The molecule has 0 radical (unpaired) electrons. The second-order valence-electron chi connectivity index (χ2n) is 12.3. The van der Waals surface area contributed by atoms with Crippen LogP contribution in [0.3, 0.4) is 0 Å². The summed E-state index contributed by atoms with van der Waals surface area (Å²) in [6.45, 7) is 27.9. The molecule has 0 bridgehead atoms. The summed E-state index contributed by atoms with van der Waals surface area (Å²) in [5.74, 6) is -0.615. The SMILES string of the molecule is [C-]#[N+]/C(C#N)=C1\SC(=Nc2cc3c(s2)-c2sc4c(c2C3(C)C)C(C)(C)c2cc(N=C3S/C(=C(\C#N)[N+]#[C-])N(CC)C3=O)sc2-4)C(=O)N1CC. The standard InChI is InChI=1S/C34H24N8O2S5/c1-9-41-29(43)27(48-31(41)17(13-35)37-7)39-19-11-15-23(45-19)25-21(33(15,3)4)22-26(47-25)24-16(34(22,5)6)12-20(46-24)40-28-30(44)42(10-2)32(49-28)18(14-36)38-8/h11-12H,9-10H2,1-6H3/b31-17-,32-18+,39-27?,40-28?. The van der Waals surface area contributed by atoms with Crippen molar-refractivity contribution in [3.05, 3.63) is 78.7 Å². The molecule has 7 rings (SSSR count). The highest BCUT2D eigenvalue weighted by Gasteiger charge is 2.50. The minimum absolute atomic E-state index is 0.116. The van der Waals surface area contributed by atoms with Crippen LogP contribution in [0.4, 0.5) is 10.0 Å². The Hall–Kier alpha value is -4.48. The summed E-state index contributed by atoms with van der Waals surface area (Å²) in [7, 11) is 0. The monoisotopic (exact) mass is 736 g/mol. The van der Waals surface area contributed by atoms with Crippen LogP contribution < -0.4 is 0 Å². The Labute approximate surface area is 303 Å². The maximum atomic E-state index is 13.2. The molecule has 2 amide bonds. The highest BCUT2D eigenvalue weighted by molar-refractivity contribution is 8.20. The number of allylic oxidation sites excluding steroid dienone is 2. The van der Waals surface area contributed by atoms with E-state index < -0.39 is 0 Å². The normalized spacial score (nSPS) is 21.7. The summed E-state index contributed by atoms with van der Waals surface area (Å²) in [6.07, 6.45) is 0. The van der Waals surface area contributed by atoms with E-state index in [0.29, 0.717) is 33.1 Å². The summed E-state index contributed by atoms with van der Waals surface area (Å²) in [5, 5.41) is 21.4. The van der Waals surface area contributed by atoms with Gasteiger partial charge in [0.25, 0.3) is 23.2 Å². The number of hydrogen-bond acceptors (Lipinski definition) is 11. The van der Waals surface area contributed by atoms with Gasteiger partial charge in [-0.3, -0.25) is 9.59 Å². The van der Waals surface area contributed by atoms with Crippen molar-refractivity contribution in [1.82, 2.24) is 9.80 Å². The number of thioether (sulfide) groups is 2. The summed E-state index contributed by atoms with van der Waals surface area (Å²) >= 11 is 6.99. The van der Waals surface area contributed by atoms with Crippen molar-refractivity contribution < 1.29 is 9.59 Å². The molecule has 0 unspecified atom stereocenters. The first-order chi connectivity index (χ1) is 23.4. The Bertz CT molecular complexity index is 2180. The lowest BCUT2D eigenvalue weighted by Crippen LogP contribution is -2.26. The molecule has 4 aliphatic rings. The van der Waals surface area contributed by atoms with Crippen LogP contribution in [0.2, 0.25) is 0 Å². The van der Waals surface area contributed by atoms with Crippen molar-refractivity contribution in [1.29, 1.82) is 10.5 Å². The fraction of sp³-hybridized carbons (Fsp3) is 0.294. The molecule has 0 spiro atoms. The van der Waals surface area contributed by atoms with Crippen molar-refractivity contribution in [2.45, 2.75) is 52.4 Å². The number of thiophene rings is 3.